The number of aliphatic hydroxyl groups excluding tert-OH is 1. The summed E-state index contributed by atoms with van der Waals surface area (Å²) in [7, 11) is 0. The molecule has 0 fully saturated rings. The van der Waals surface area contributed by atoms with Crippen molar-refractivity contribution < 1.29 is 19.0 Å². The van der Waals surface area contributed by atoms with E-state index in [-0.39, 0.29) is 12.2 Å². The summed E-state index contributed by atoms with van der Waals surface area (Å²) < 4.78 is 19.4. The lowest BCUT2D eigenvalue weighted by atomic mass is 9.97. The van der Waals surface area contributed by atoms with Crippen molar-refractivity contribution in [2.24, 2.45) is 0 Å². The number of benzene rings is 1. The Morgan fingerprint density at radius 1 is 1.50 bits per heavy atom. The second-order valence-electron chi connectivity index (χ2n) is 5.13. The molecule has 0 unspecified atom stereocenters. The topological polar surface area (TPSA) is 49.8 Å². The second kappa shape index (κ2) is 7.22. The maximum atomic E-state index is 14.2. The van der Waals surface area contributed by atoms with Gasteiger partial charge in [0.05, 0.1) is 6.61 Å². The van der Waals surface area contributed by atoms with Crippen LogP contribution < -0.4 is 0 Å². The van der Waals surface area contributed by atoms with E-state index in [1.165, 1.54) is 0 Å². The van der Waals surface area contributed by atoms with E-state index in [0.29, 0.717) is 30.8 Å². The predicted molar refractivity (Wildman–Crippen MR) is 82.4 cm³/mol. The first-order chi connectivity index (χ1) is 10.6. The third kappa shape index (κ3) is 3.54. The molecule has 0 saturated carbocycles. The smallest absolute Gasteiger partial charge is 0.415 e. The Hall–Kier alpha value is -2.14. The molecule has 0 aromatic heterocycles. The van der Waals surface area contributed by atoms with Gasteiger partial charge in [-0.25, -0.2) is 9.18 Å². The van der Waals surface area contributed by atoms with Gasteiger partial charge < -0.3 is 14.7 Å². The molecule has 4 nitrogen and oxygen atoms in total. The van der Waals surface area contributed by atoms with E-state index in [9.17, 15) is 9.18 Å². The molecule has 1 N–H and O–H groups in total. The Morgan fingerprint density at radius 2 is 2.27 bits per heavy atom. The van der Waals surface area contributed by atoms with E-state index in [4.69, 9.17) is 9.84 Å². The predicted octanol–water partition coefficient (Wildman–Crippen LogP) is 3.47. The normalized spacial score (nSPS) is 15.5. The second-order valence-corrected chi connectivity index (χ2v) is 5.13. The monoisotopic (exact) mass is 305 g/mol. The highest BCUT2D eigenvalue weighted by atomic mass is 19.1. The van der Waals surface area contributed by atoms with Crippen molar-refractivity contribution in [3.05, 3.63) is 53.1 Å². The highest BCUT2D eigenvalue weighted by Crippen LogP contribution is 2.26. The number of allylic oxidation sites excluding steroid dienone is 2. The summed E-state index contributed by atoms with van der Waals surface area (Å²) in [6.45, 7) is 4.05. The van der Waals surface area contributed by atoms with Gasteiger partial charge in [0.2, 0.25) is 0 Å². The highest BCUT2D eigenvalue weighted by molar-refractivity contribution is 5.73. The molecule has 1 aliphatic rings. The number of carbonyl (C=O) groups excluding carboxylic acids is 1. The standard InChI is InChI=1S/C17H20FNO3/c1-3-12(2)22-17(21)19-9-7-13(8-10-19)15-6-4-5-14(11-20)16(15)18/h3-7,20H,8-11H2,1-2H3/b12-3+. The molecule has 0 aliphatic carbocycles. The van der Waals surface area contributed by atoms with Crippen LogP contribution in [0.25, 0.3) is 5.57 Å². The summed E-state index contributed by atoms with van der Waals surface area (Å²) in [5.74, 6) is 0.165. The van der Waals surface area contributed by atoms with Gasteiger partial charge in [0.25, 0.3) is 0 Å². The van der Waals surface area contributed by atoms with E-state index < -0.39 is 11.9 Å². The average Bonchev–Trinajstić information content (AvgIpc) is 2.55. The zero-order chi connectivity index (χ0) is 16.1. The van der Waals surface area contributed by atoms with E-state index in [2.05, 4.69) is 0 Å². The van der Waals surface area contributed by atoms with Crippen molar-refractivity contribution in [1.82, 2.24) is 4.90 Å². The summed E-state index contributed by atoms with van der Waals surface area (Å²) in [5, 5.41) is 9.13. The summed E-state index contributed by atoms with van der Waals surface area (Å²) in [4.78, 5) is 13.5. The number of hydrogen-bond acceptors (Lipinski definition) is 3. The molecule has 1 amide bonds. The van der Waals surface area contributed by atoms with Gasteiger partial charge in [-0.2, -0.15) is 0 Å². The molecule has 0 bridgehead atoms. The summed E-state index contributed by atoms with van der Waals surface area (Å²) in [5.41, 5.74) is 1.62. The van der Waals surface area contributed by atoms with Crippen LogP contribution in [0.5, 0.6) is 0 Å². The minimum absolute atomic E-state index is 0.281. The molecule has 1 aromatic rings. The van der Waals surface area contributed by atoms with Gasteiger partial charge in [0.15, 0.2) is 0 Å². The van der Waals surface area contributed by atoms with Crippen LogP contribution in [0.2, 0.25) is 0 Å². The van der Waals surface area contributed by atoms with Crippen LogP contribution in [0.4, 0.5) is 9.18 Å². The molecular formula is C17H20FNO3. The van der Waals surface area contributed by atoms with E-state index >= 15 is 0 Å². The van der Waals surface area contributed by atoms with Crippen LogP contribution in [-0.4, -0.2) is 29.2 Å². The Kier molecular flexibility index (Phi) is 5.33. The number of rotatable bonds is 3. The number of ether oxygens (including phenoxy) is 1. The fourth-order valence-electron chi connectivity index (χ4n) is 2.29. The number of halogens is 1. The first kappa shape index (κ1) is 16.2. The number of aliphatic hydroxyl groups is 1. The number of hydrogen-bond donors (Lipinski definition) is 1. The number of amides is 1. The van der Waals surface area contributed by atoms with E-state index in [1.807, 2.05) is 6.08 Å². The molecule has 1 aromatic carbocycles. The quantitative estimate of drug-likeness (QED) is 0.870. The SMILES string of the molecule is C/C=C(\C)OC(=O)N1CC=C(c2cccc(CO)c2F)CC1. The maximum Gasteiger partial charge on any atom is 0.415 e. The molecule has 118 valence electrons. The Bertz CT molecular complexity index is 622. The van der Waals surface area contributed by atoms with Gasteiger partial charge in [-0.15, -0.1) is 0 Å². The van der Waals surface area contributed by atoms with Gasteiger partial charge in [0, 0.05) is 24.2 Å². The zero-order valence-electron chi connectivity index (χ0n) is 12.8. The first-order valence-electron chi connectivity index (χ1n) is 7.24. The lowest BCUT2D eigenvalue weighted by Gasteiger charge is -2.26. The molecule has 1 heterocycles. The Labute approximate surface area is 129 Å². The van der Waals surface area contributed by atoms with Gasteiger partial charge in [-0.1, -0.05) is 24.3 Å². The van der Waals surface area contributed by atoms with Crippen LogP contribution in [0.1, 0.15) is 31.4 Å². The summed E-state index contributed by atoms with van der Waals surface area (Å²) >= 11 is 0. The molecule has 1 aliphatic heterocycles. The van der Waals surface area contributed by atoms with Crippen molar-refractivity contribution in [2.45, 2.75) is 26.9 Å². The lowest BCUT2D eigenvalue weighted by molar-refractivity contribution is 0.133. The zero-order valence-corrected chi connectivity index (χ0v) is 12.8. The van der Waals surface area contributed by atoms with Crippen LogP contribution in [-0.2, 0) is 11.3 Å². The maximum absolute atomic E-state index is 14.2. The molecular weight excluding hydrogens is 285 g/mol. The van der Waals surface area contributed by atoms with Crippen molar-refractivity contribution >= 4 is 11.7 Å². The molecule has 0 saturated heterocycles. The van der Waals surface area contributed by atoms with Gasteiger partial charge in [-0.05, 0) is 31.9 Å². The van der Waals surface area contributed by atoms with E-state index in [1.54, 1.807) is 43.0 Å². The summed E-state index contributed by atoms with van der Waals surface area (Å²) in [6, 6.07) is 4.98. The largest absolute Gasteiger partial charge is 0.415 e. The van der Waals surface area contributed by atoms with Crippen LogP contribution in [0.3, 0.4) is 0 Å². The molecule has 22 heavy (non-hydrogen) atoms. The lowest BCUT2D eigenvalue weighted by Crippen LogP contribution is -2.34. The number of carbonyl (C=O) groups is 1. The average molecular weight is 305 g/mol. The molecule has 0 radical (unpaired) electrons. The molecule has 0 spiro atoms. The Balaban J connectivity index is 2.10. The fraction of sp³-hybridized carbons (Fsp3) is 0.353. The first-order valence-corrected chi connectivity index (χ1v) is 7.24. The van der Waals surface area contributed by atoms with Crippen LogP contribution >= 0.6 is 0 Å². The van der Waals surface area contributed by atoms with Crippen LogP contribution in [0, 0.1) is 5.82 Å². The van der Waals surface area contributed by atoms with Gasteiger partial charge in [0.1, 0.15) is 11.6 Å². The number of nitrogens with zero attached hydrogens (tertiary/aromatic N) is 1. The fourth-order valence-corrected chi connectivity index (χ4v) is 2.29. The molecule has 2 rings (SSSR count). The third-order valence-electron chi connectivity index (χ3n) is 3.72. The van der Waals surface area contributed by atoms with Crippen molar-refractivity contribution in [3.8, 4) is 0 Å². The van der Waals surface area contributed by atoms with E-state index in [0.717, 1.165) is 5.57 Å². The molecule has 0 atom stereocenters. The van der Waals surface area contributed by atoms with Crippen molar-refractivity contribution in [2.75, 3.05) is 13.1 Å². The molecule has 5 heteroatoms. The Morgan fingerprint density at radius 3 is 2.86 bits per heavy atom. The van der Waals surface area contributed by atoms with Crippen molar-refractivity contribution in [1.29, 1.82) is 0 Å². The minimum Gasteiger partial charge on any atom is -0.415 e. The highest BCUT2D eigenvalue weighted by Gasteiger charge is 2.21. The van der Waals surface area contributed by atoms with Gasteiger partial charge in [-0.3, -0.25) is 0 Å². The summed E-state index contributed by atoms with van der Waals surface area (Å²) in [6.07, 6.45) is 3.71. The minimum atomic E-state index is -0.393. The van der Waals surface area contributed by atoms with Gasteiger partial charge >= 0.3 is 6.09 Å². The third-order valence-corrected chi connectivity index (χ3v) is 3.72. The van der Waals surface area contributed by atoms with Crippen LogP contribution in [0.15, 0.2) is 36.1 Å². The van der Waals surface area contributed by atoms with Crippen molar-refractivity contribution in [3.63, 3.8) is 0 Å².